The monoisotopic (exact) mass is 478 g/mol. The van der Waals surface area contributed by atoms with Crippen LogP contribution in [0, 0.1) is 5.92 Å². The molecule has 0 aliphatic carbocycles. The number of halogens is 2. The summed E-state index contributed by atoms with van der Waals surface area (Å²) in [6, 6.07) is 19.3. The van der Waals surface area contributed by atoms with Crippen LogP contribution in [0.1, 0.15) is 19.4 Å². The molecule has 2 N–H and O–H groups in total. The first kappa shape index (κ1) is 21.8. The number of benzene rings is 3. The lowest BCUT2D eigenvalue weighted by molar-refractivity contribution is -0.117. The van der Waals surface area contributed by atoms with Crippen LogP contribution in [0.5, 0.6) is 0 Å². The maximum absolute atomic E-state index is 12.5. The molecule has 0 radical (unpaired) electrons. The van der Waals surface area contributed by atoms with E-state index in [0.717, 1.165) is 50.8 Å². The molecule has 33 heavy (non-hydrogen) atoms. The first-order valence-electron chi connectivity index (χ1n) is 11.0. The molecule has 1 aliphatic rings. The third kappa shape index (κ3) is 4.19. The van der Waals surface area contributed by atoms with Gasteiger partial charge in [0.15, 0.2) is 0 Å². The van der Waals surface area contributed by atoms with Crippen molar-refractivity contribution in [3.05, 3.63) is 76.3 Å². The smallest absolute Gasteiger partial charge is 0.247 e. The first-order chi connectivity index (χ1) is 15.9. The maximum Gasteiger partial charge on any atom is 0.247 e. The van der Waals surface area contributed by atoms with Crippen LogP contribution in [0.3, 0.4) is 0 Å². The third-order valence-electron chi connectivity index (χ3n) is 6.05. The van der Waals surface area contributed by atoms with Crippen LogP contribution in [0.2, 0.25) is 10.0 Å². The second-order valence-corrected chi connectivity index (χ2v) is 9.52. The fourth-order valence-corrected chi connectivity index (χ4v) is 4.74. The Morgan fingerprint density at radius 3 is 2.61 bits per heavy atom. The van der Waals surface area contributed by atoms with Crippen LogP contribution in [-0.4, -0.2) is 21.5 Å². The van der Waals surface area contributed by atoms with Crippen molar-refractivity contribution >= 4 is 51.5 Å². The van der Waals surface area contributed by atoms with Crippen LogP contribution < -0.4 is 10.6 Å². The molecule has 0 fully saturated rings. The van der Waals surface area contributed by atoms with E-state index in [1.807, 2.05) is 68.4 Å². The Balaban J connectivity index is 1.63. The SMILES string of the molecule is CC(C)C1Nc2cc3c(cc2NC1=O)nc(-c1cccc(Cl)c1)n3CCc1ccccc1Cl. The molecule has 5 rings (SSSR count). The molecule has 3 aromatic carbocycles. The summed E-state index contributed by atoms with van der Waals surface area (Å²) in [4.78, 5) is 17.5. The van der Waals surface area contributed by atoms with Crippen molar-refractivity contribution in [1.29, 1.82) is 0 Å². The predicted octanol–water partition coefficient (Wildman–Crippen LogP) is 6.64. The van der Waals surface area contributed by atoms with Crippen molar-refractivity contribution < 1.29 is 4.79 Å². The zero-order chi connectivity index (χ0) is 23.1. The summed E-state index contributed by atoms with van der Waals surface area (Å²) in [6.07, 6.45) is 0.758. The minimum Gasteiger partial charge on any atom is -0.372 e. The van der Waals surface area contributed by atoms with Gasteiger partial charge in [-0.2, -0.15) is 0 Å². The van der Waals surface area contributed by atoms with Crippen LogP contribution in [0.25, 0.3) is 22.4 Å². The van der Waals surface area contributed by atoms with Crippen molar-refractivity contribution in [2.45, 2.75) is 32.9 Å². The lowest BCUT2D eigenvalue weighted by Gasteiger charge is -2.29. The van der Waals surface area contributed by atoms with Gasteiger partial charge in [0, 0.05) is 22.2 Å². The number of carbonyl (C=O) groups excluding carboxylic acids is 1. The zero-order valence-electron chi connectivity index (χ0n) is 18.4. The van der Waals surface area contributed by atoms with Gasteiger partial charge in [-0.3, -0.25) is 4.79 Å². The molecule has 1 unspecified atom stereocenters. The van der Waals surface area contributed by atoms with E-state index in [0.29, 0.717) is 11.6 Å². The number of fused-ring (bicyclic) bond motifs is 2. The molecule has 1 aromatic heterocycles. The number of nitrogens with zero attached hydrogens (tertiary/aromatic N) is 2. The number of imidazole rings is 1. The minimum atomic E-state index is -0.276. The summed E-state index contributed by atoms with van der Waals surface area (Å²) < 4.78 is 2.20. The van der Waals surface area contributed by atoms with E-state index in [4.69, 9.17) is 28.2 Å². The Hall–Kier alpha value is -3.02. The highest BCUT2D eigenvalue weighted by molar-refractivity contribution is 6.31. The second kappa shape index (κ2) is 8.73. The van der Waals surface area contributed by atoms with Gasteiger partial charge in [-0.15, -0.1) is 0 Å². The number of aromatic nitrogens is 2. The average molecular weight is 479 g/mol. The quantitative estimate of drug-likeness (QED) is 0.337. The molecule has 168 valence electrons. The van der Waals surface area contributed by atoms with Gasteiger partial charge < -0.3 is 15.2 Å². The first-order valence-corrected chi connectivity index (χ1v) is 11.8. The van der Waals surface area contributed by atoms with Gasteiger partial charge in [-0.1, -0.05) is 67.4 Å². The maximum atomic E-state index is 12.5. The Morgan fingerprint density at radius 2 is 1.85 bits per heavy atom. The minimum absolute atomic E-state index is 0.0231. The Kier molecular flexibility index (Phi) is 5.77. The van der Waals surface area contributed by atoms with Gasteiger partial charge in [-0.25, -0.2) is 4.98 Å². The number of amides is 1. The molecule has 0 saturated heterocycles. The number of hydrogen-bond donors (Lipinski definition) is 2. The summed E-state index contributed by atoms with van der Waals surface area (Å²) in [5.41, 5.74) is 5.47. The standard InChI is InChI=1S/C26H24Cl2N4O/c1-15(2)24-26(33)31-20-13-22-23(14-21(20)29-24)32(11-10-16-6-3-4-9-19(16)28)25(30-22)17-7-5-8-18(27)12-17/h3-9,12-15,24,29H,10-11H2,1-2H3,(H,31,33). The number of carbonyl (C=O) groups is 1. The summed E-state index contributed by atoms with van der Waals surface area (Å²) in [7, 11) is 0. The van der Waals surface area contributed by atoms with Gasteiger partial charge in [-0.05, 0) is 48.2 Å². The molecular formula is C26H24Cl2N4O. The molecule has 0 spiro atoms. The molecule has 2 heterocycles. The highest BCUT2D eigenvalue weighted by Crippen LogP contribution is 2.36. The molecular weight excluding hydrogens is 455 g/mol. The molecule has 1 amide bonds. The highest BCUT2D eigenvalue weighted by Gasteiger charge is 2.29. The van der Waals surface area contributed by atoms with Gasteiger partial charge >= 0.3 is 0 Å². The van der Waals surface area contributed by atoms with Gasteiger partial charge in [0.2, 0.25) is 5.91 Å². The van der Waals surface area contributed by atoms with Crippen molar-refractivity contribution in [2.24, 2.45) is 5.92 Å². The molecule has 7 heteroatoms. The molecule has 0 bridgehead atoms. The van der Waals surface area contributed by atoms with Crippen molar-refractivity contribution in [1.82, 2.24) is 9.55 Å². The fraction of sp³-hybridized carbons (Fsp3) is 0.231. The number of nitrogens with one attached hydrogen (secondary N) is 2. The van der Waals surface area contributed by atoms with Gasteiger partial charge in [0.05, 0.1) is 22.4 Å². The fourth-order valence-electron chi connectivity index (χ4n) is 4.31. The Labute approximate surface area is 202 Å². The number of rotatable bonds is 5. The number of hydrogen-bond acceptors (Lipinski definition) is 3. The normalized spacial score (nSPS) is 15.4. The van der Waals surface area contributed by atoms with E-state index >= 15 is 0 Å². The summed E-state index contributed by atoms with van der Waals surface area (Å²) in [6.45, 7) is 4.76. The lowest BCUT2D eigenvalue weighted by Crippen LogP contribution is -2.42. The van der Waals surface area contributed by atoms with E-state index in [2.05, 4.69) is 21.3 Å². The van der Waals surface area contributed by atoms with E-state index in [1.165, 1.54) is 0 Å². The Morgan fingerprint density at radius 1 is 1.03 bits per heavy atom. The largest absolute Gasteiger partial charge is 0.372 e. The highest BCUT2D eigenvalue weighted by atomic mass is 35.5. The molecule has 1 aliphatic heterocycles. The number of aryl methyl sites for hydroxylation is 2. The van der Waals surface area contributed by atoms with E-state index in [9.17, 15) is 4.79 Å². The van der Waals surface area contributed by atoms with E-state index in [-0.39, 0.29) is 17.9 Å². The van der Waals surface area contributed by atoms with Crippen LogP contribution in [0.4, 0.5) is 11.4 Å². The predicted molar refractivity (Wildman–Crippen MR) is 136 cm³/mol. The Bertz CT molecular complexity index is 1360. The summed E-state index contributed by atoms with van der Waals surface area (Å²) in [5.74, 6) is 0.972. The molecule has 5 nitrogen and oxygen atoms in total. The van der Waals surface area contributed by atoms with Crippen molar-refractivity contribution in [3.63, 3.8) is 0 Å². The van der Waals surface area contributed by atoms with Gasteiger partial charge in [0.25, 0.3) is 0 Å². The van der Waals surface area contributed by atoms with Crippen LogP contribution in [-0.2, 0) is 17.8 Å². The van der Waals surface area contributed by atoms with Gasteiger partial charge in [0.1, 0.15) is 11.9 Å². The summed E-state index contributed by atoms with van der Waals surface area (Å²) >= 11 is 12.7. The van der Waals surface area contributed by atoms with Crippen LogP contribution >= 0.6 is 23.2 Å². The van der Waals surface area contributed by atoms with E-state index < -0.39 is 0 Å². The zero-order valence-corrected chi connectivity index (χ0v) is 19.9. The molecule has 4 aromatic rings. The summed E-state index contributed by atoms with van der Waals surface area (Å²) in [5, 5.41) is 7.86. The molecule has 0 saturated carbocycles. The topological polar surface area (TPSA) is 58.9 Å². The van der Waals surface area contributed by atoms with E-state index in [1.54, 1.807) is 0 Å². The average Bonchev–Trinajstić information content (AvgIpc) is 3.13. The number of anilines is 2. The third-order valence-corrected chi connectivity index (χ3v) is 6.65. The van der Waals surface area contributed by atoms with Crippen molar-refractivity contribution in [3.8, 4) is 11.4 Å². The molecule has 1 atom stereocenters. The van der Waals surface area contributed by atoms with Crippen molar-refractivity contribution in [2.75, 3.05) is 10.6 Å². The lowest BCUT2D eigenvalue weighted by atomic mass is 10.0. The second-order valence-electron chi connectivity index (χ2n) is 8.68. The van der Waals surface area contributed by atoms with Crippen LogP contribution in [0.15, 0.2) is 60.7 Å².